The predicted octanol–water partition coefficient (Wildman–Crippen LogP) is 6.11. The van der Waals surface area contributed by atoms with Gasteiger partial charge in [-0.1, -0.05) is 41.7 Å². The molecule has 1 amide bonds. The topological polar surface area (TPSA) is 95.4 Å². The van der Waals surface area contributed by atoms with Crippen LogP contribution in [0.25, 0.3) is 21.6 Å². The molecule has 0 spiro atoms. The lowest BCUT2D eigenvalue weighted by Crippen LogP contribution is -2.35. The fourth-order valence-corrected chi connectivity index (χ4v) is 6.02. The summed E-state index contributed by atoms with van der Waals surface area (Å²) in [7, 11) is 0. The minimum absolute atomic E-state index is 0.00974. The molecule has 6 rings (SSSR count). The van der Waals surface area contributed by atoms with Crippen molar-refractivity contribution >= 4 is 38.5 Å². The number of ketones is 1. The molecule has 0 unspecified atom stereocenters. The maximum atomic E-state index is 14.0. The number of aromatic nitrogens is 2. The average molecular weight is 595 g/mol. The number of anilines is 1. The van der Waals surface area contributed by atoms with Gasteiger partial charge in [-0.2, -0.15) is 13.2 Å². The number of aliphatic hydroxyl groups excluding tert-OH is 1. The lowest BCUT2D eigenvalue weighted by molar-refractivity contribution is -0.138. The molecule has 1 saturated carbocycles. The first-order valence-corrected chi connectivity index (χ1v) is 14.8. The second-order valence-corrected chi connectivity index (χ2v) is 12.0. The van der Waals surface area contributed by atoms with E-state index in [1.54, 1.807) is 12.1 Å². The number of carbonyl (C=O) groups excluding carboxylic acids is 2. The van der Waals surface area contributed by atoms with E-state index >= 15 is 0 Å². The van der Waals surface area contributed by atoms with Crippen LogP contribution >= 0.6 is 11.3 Å². The molecule has 4 aromatic rings. The number of rotatable bonds is 8. The molecule has 1 aliphatic heterocycles. The summed E-state index contributed by atoms with van der Waals surface area (Å²) >= 11 is 1.29. The van der Waals surface area contributed by atoms with E-state index in [0.29, 0.717) is 52.7 Å². The molecule has 2 aromatic heterocycles. The van der Waals surface area contributed by atoms with Crippen molar-refractivity contribution in [1.82, 2.24) is 14.9 Å². The molecule has 218 valence electrons. The van der Waals surface area contributed by atoms with Gasteiger partial charge in [0, 0.05) is 43.1 Å². The highest BCUT2D eigenvalue weighted by atomic mass is 32.1. The Morgan fingerprint density at radius 2 is 1.79 bits per heavy atom. The SMILES string of the molecule is O=C(Cc1cccc(-c2ccc3nc(NC(=O)C4CC4)sc3n2)c1)c1ccc(CN2CCC(O)CC2)c(C(F)(F)F)c1. The summed E-state index contributed by atoms with van der Waals surface area (Å²) in [4.78, 5) is 36.9. The van der Waals surface area contributed by atoms with Gasteiger partial charge in [0.15, 0.2) is 10.9 Å². The number of pyridine rings is 1. The Balaban J connectivity index is 1.18. The van der Waals surface area contributed by atoms with Crippen molar-refractivity contribution in [3.05, 3.63) is 76.9 Å². The highest BCUT2D eigenvalue weighted by molar-refractivity contribution is 7.22. The largest absolute Gasteiger partial charge is 0.416 e. The molecule has 2 aliphatic rings. The summed E-state index contributed by atoms with van der Waals surface area (Å²) in [5.41, 5.74) is 2.08. The third kappa shape index (κ3) is 6.53. The van der Waals surface area contributed by atoms with Gasteiger partial charge in [-0.05, 0) is 61.1 Å². The molecule has 2 aromatic carbocycles. The molecule has 2 N–H and O–H groups in total. The number of nitrogens with zero attached hydrogens (tertiary/aromatic N) is 3. The van der Waals surface area contributed by atoms with Crippen LogP contribution in [0.5, 0.6) is 0 Å². The van der Waals surface area contributed by atoms with Gasteiger partial charge in [0.25, 0.3) is 0 Å². The fourth-order valence-electron chi connectivity index (χ4n) is 5.18. The zero-order valence-electron chi connectivity index (χ0n) is 22.7. The summed E-state index contributed by atoms with van der Waals surface area (Å²) in [5, 5.41) is 13.1. The van der Waals surface area contributed by atoms with Crippen molar-refractivity contribution < 1.29 is 27.9 Å². The quantitative estimate of drug-likeness (QED) is 0.239. The number of hydrogen-bond donors (Lipinski definition) is 2. The van der Waals surface area contributed by atoms with Gasteiger partial charge in [-0.3, -0.25) is 14.5 Å². The number of hydrogen-bond acceptors (Lipinski definition) is 7. The van der Waals surface area contributed by atoms with Crippen LogP contribution in [0.1, 0.15) is 52.7 Å². The molecule has 2 fully saturated rings. The van der Waals surface area contributed by atoms with Gasteiger partial charge in [0.05, 0.1) is 17.4 Å². The molecule has 0 bridgehead atoms. The summed E-state index contributed by atoms with van der Waals surface area (Å²) in [6, 6.07) is 14.7. The molecule has 0 atom stereocenters. The highest BCUT2D eigenvalue weighted by Crippen LogP contribution is 2.35. The van der Waals surface area contributed by atoms with Crippen LogP contribution in [0.4, 0.5) is 18.3 Å². The maximum absolute atomic E-state index is 14.0. The Hall–Kier alpha value is -3.67. The smallest absolute Gasteiger partial charge is 0.393 e. The Bertz CT molecular complexity index is 1640. The second-order valence-electron chi connectivity index (χ2n) is 11.0. The molecule has 1 saturated heterocycles. The number of fused-ring (bicyclic) bond motifs is 1. The zero-order valence-corrected chi connectivity index (χ0v) is 23.5. The van der Waals surface area contributed by atoms with Gasteiger partial charge in [0.2, 0.25) is 5.91 Å². The number of piperidine rings is 1. The minimum atomic E-state index is -4.59. The molecule has 42 heavy (non-hydrogen) atoms. The van der Waals surface area contributed by atoms with Gasteiger partial charge in [0.1, 0.15) is 10.3 Å². The number of nitrogens with one attached hydrogen (secondary N) is 1. The molecule has 11 heteroatoms. The Labute approximate surface area is 244 Å². The number of amides is 1. The molecular weight excluding hydrogens is 565 g/mol. The summed E-state index contributed by atoms with van der Waals surface area (Å²) in [6.07, 6.45) is -2.20. The van der Waals surface area contributed by atoms with Crippen molar-refractivity contribution in [2.45, 2.75) is 50.9 Å². The zero-order chi connectivity index (χ0) is 29.4. The number of thiazole rings is 1. The molecular formula is C31H29F3N4O3S. The van der Waals surface area contributed by atoms with Crippen molar-refractivity contribution in [1.29, 1.82) is 0 Å². The Kier molecular flexibility index (Phi) is 7.82. The Morgan fingerprint density at radius 1 is 1.00 bits per heavy atom. The predicted molar refractivity (Wildman–Crippen MR) is 154 cm³/mol. The lowest BCUT2D eigenvalue weighted by atomic mass is 9.96. The van der Waals surface area contributed by atoms with Gasteiger partial charge < -0.3 is 10.4 Å². The van der Waals surface area contributed by atoms with Crippen LogP contribution in [-0.2, 0) is 23.9 Å². The molecule has 0 radical (unpaired) electrons. The van der Waals surface area contributed by atoms with E-state index in [0.717, 1.165) is 24.5 Å². The number of alkyl halides is 3. The lowest BCUT2D eigenvalue weighted by Gasteiger charge is -2.30. The molecule has 3 heterocycles. The monoisotopic (exact) mass is 594 g/mol. The van der Waals surface area contributed by atoms with Crippen molar-refractivity contribution in [3.8, 4) is 11.3 Å². The van der Waals surface area contributed by atoms with Gasteiger partial charge >= 0.3 is 6.18 Å². The Morgan fingerprint density at radius 3 is 2.52 bits per heavy atom. The fraction of sp³-hybridized carbons (Fsp3) is 0.355. The first-order valence-electron chi connectivity index (χ1n) is 13.9. The maximum Gasteiger partial charge on any atom is 0.416 e. The first-order chi connectivity index (χ1) is 20.1. The van der Waals surface area contributed by atoms with Crippen molar-refractivity contribution in [2.75, 3.05) is 18.4 Å². The molecule has 1 aliphatic carbocycles. The summed E-state index contributed by atoms with van der Waals surface area (Å²) in [6.45, 7) is 1.17. The van der Waals surface area contributed by atoms with Gasteiger partial charge in [-0.15, -0.1) is 0 Å². The molecule has 7 nitrogen and oxygen atoms in total. The van der Waals surface area contributed by atoms with Crippen molar-refractivity contribution in [2.24, 2.45) is 5.92 Å². The minimum Gasteiger partial charge on any atom is -0.393 e. The highest BCUT2D eigenvalue weighted by Gasteiger charge is 2.35. The van der Waals surface area contributed by atoms with E-state index in [4.69, 9.17) is 0 Å². The standard InChI is InChI=1S/C31H29F3N4O3S/c32-31(33,34)24-16-21(6-7-22(24)17-38-12-10-23(39)11-13-38)27(40)15-18-2-1-3-20(14-18)25-8-9-26-29(35-25)42-30(36-26)37-28(41)19-4-5-19/h1-3,6-9,14,16,19,23,39H,4-5,10-13,15,17H2,(H,36,37,41). The third-order valence-electron chi connectivity index (χ3n) is 7.71. The normalized spacial score (nSPS) is 16.6. The van der Waals surface area contributed by atoms with Crippen molar-refractivity contribution in [3.63, 3.8) is 0 Å². The van der Waals surface area contributed by atoms with Gasteiger partial charge in [-0.25, -0.2) is 9.97 Å². The van der Waals surface area contributed by atoms with Crippen LogP contribution in [0, 0.1) is 5.92 Å². The number of likely N-dealkylation sites (tertiary alicyclic amines) is 1. The van der Waals surface area contributed by atoms with E-state index in [2.05, 4.69) is 15.3 Å². The number of carbonyl (C=O) groups is 2. The summed E-state index contributed by atoms with van der Waals surface area (Å²) < 4.78 is 42.0. The van der Waals surface area contributed by atoms with Crippen LogP contribution < -0.4 is 5.32 Å². The van der Waals surface area contributed by atoms with E-state index < -0.39 is 23.6 Å². The van der Waals surface area contributed by atoms with E-state index in [-0.39, 0.29) is 35.9 Å². The van der Waals surface area contributed by atoms with E-state index in [9.17, 15) is 27.9 Å². The number of Topliss-reactive ketones (excluding diaryl/α,β-unsaturated/α-hetero) is 1. The number of halogens is 3. The third-order valence-corrected chi connectivity index (χ3v) is 8.59. The van der Waals surface area contributed by atoms with Crippen LogP contribution in [-0.4, -0.2) is 50.9 Å². The van der Waals surface area contributed by atoms with E-state index in [1.165, 1.54) is 23.5 Å². The average Bonchev–Trinajstić information content (AvgIpc) is 3.74. The van der Waals surface area contributed by atoms with E-state index in [1.807, 2.05) is 29.2 Å². The number of aliphatic hydroxyl groups is 1. The van der Waals surface area contributed by atoms with Crippen LogP contribution in [0.3, 0.4) is 0 Å². The van der Waals surface area contributed by atoms with Crippen LogP contribution in [0.15, 0.2) is 54.6 Å². The second kappa shape index (κ2) is 11.5. The number of benzene rings is 2. The summed E-state index contributed by atoms with van der Waals surface area (Å²) in [5.74, 6) is -0.363. The first kappa shape index (κ1) is 28.4. The van der Waals surface area contributed by atoms with Crippen LogP contribution in [0.2, 0.25) is 0 Å².